The third kappa shape index (κ3) is 4.92. The average molecular weight is 405 g/mol. The quantitative estimate of drug-likeness (QED) is 0.543. The number of anilines is 1. The summed E-state index contributed by atoms with van der Waals surface area (Å²) in [4.78, 5) is 14.8. The van der Waals surface area contributed by atoms with Gasteiger partial charge < -0.3 is 14.6 Å². The van der Waals surface area contributed by atoms with Gasteiger partial charge in [-0.1, -0.05) is 44.2 Å². The fraction of sp³-hybridized carbons (Fsp3) is 0.240. The van der Waals surface area contributed by atoms with Gasteiger partial charge in [-0.2, -0.15) is 0 Å². The van der Waals surface area contributed by atoms with Crippen LogP contribution < -0.4 is 14.4 Å². The van der Waals surface area contributed by atoms with Gasteiger partial charge in [0.1, 0.15) is 17.2 Å². The summed E-state index contributed by atoms with van der Waals surface area (Å²) in [7, 11) is 1.59. The molecule has 0 aromatic heterocycles. The van der Waals surface area contributed by atoms with Crippen LogP contribution in [-0.4, -0.2) is 18.3 Å². The van der Waals surface area contributed by atoms with Crippen molar-refractivity contribution < 1.29 is 19.4 Å². The minimum Gasteiger partial charge on any atom is -0.508 e. The Hall–Kier alpha value is -3.47. The largest absolute Gasteiger partial charge is 0.508 e. The van der Waals surface area contributed by atoms with Gasteiger partial charge in [-0.05, 0) is 60.4 Å². The minimum atomic E-state index is -0.518. The second-order valence-corrected chi connectivity index (χ2v) is 7.48. The second-order valence-electron chi connectivity index (χ2n) is 7.48. The predicted octanol–water partition coefficient (Wildman–Crippen LogP) is 6.04. The lowest BCUT2D eigenvalue weighted by molar-refractivity contribution is 0.206. The first-order valence-electron chi connectivity index (χ1n) is 9.90. The van der Waals surface area contributed by atoms with Crippen molar-refractivity contribution in [3.05, 3.63) is 83.4 Å². The molecular weight excluding hydrogens is 378 g/mol. The van der Waals surface area contributed by atoms with E-state index in [-0.39, 0.29) is 18.2 Å². The minimum absolute atomic E-state index is 0.127. The molecule has 0 unspecified atom stereocenters. The molecule has 156 valence electrons. The Morgan fingerprint density at radius 2 is 1.73 bits per heavy atom. The molecule has 3 rings (SSSR count). The van der Waals surface area contributed by atoms with Crippen molar-refractivity contribution in [3.8, 4) is 17.2 Å². The molecule has 0 saturated carbocycles. The van der Waals surface area contributed by atoms with E-state index >= 15 is 0 Å². The summed E-state index contributed by atoms with van der Waals surface area (Å²) >= 11 is 0. The van der Waals surface area contributed by atoms with Gasteiger partial charge in [0.25, 0.3) is 0 Å². The van der Waals surface area contributed by atoms with Gasteiger partial charge in [0.2, 0.25) is 0 Å². The number of aromatic hydroxyl groups is 1. The van der Waals surface area contributed by atoms with Crippen LogP contribution in [0.1, 0.15) is 36.5 Å². The van der Waals surface area contributed by atoms with Crippen LogP contribution in [0.25, 0.3) is 0 Å². The summed E-state index contributed by atoms with van der Waals surface area (Å²) in [5, 5.41) is 10.2. The maximum absolute atomic E-state index is 13.3. The van der Waals surface area contributed by atoms with E-state index in [4.69, 9.17) is 9.47 Å². The fourth-order valence-corrected chi connectivity index (χ4v) is 3.19. The molecule has 1 N–H and O–H groups in total. The van der Waals surface area contributed by atoms with E-state index in [1.807, 2.05) is 31.2 Å². The van der Waals surface area contributed by atoms with E-state index in [0.717, 1.165) is 11.1 Å². The number of rotatable bonds is 6. The molecule has 3 aromatic carbocycles. The maximum Gasteiger partial charge on any atom is 0.420 e. The smallest absolute Gasteiger partial charge is 0.420 e. The number of nitrogens with zero attached hydrogens (tertiary/aromatic N) is 1. The lowest BCUT2D eigenvalue weighted by Crippen LogP contribution is -2.33. The number of hydrogen-bond acceptors (Lipinski definition) is 4. The van der Waals surface area contributed by atoms with E-state index in [0.29, 0.717) is 22.7 Å². The van der Waals surface area contributed by atoms with E-state index in [1.54, 1.807) is 49.6 Å². The lowest BCUT2D eigenvalue weighted by atomic mass is 10.0. The number of phenolic OH excluding ortho intramolecular Hbond substituents is 1. The molecule has 30 heavy (non-hydrogen) atoms. The van der Waals surface area contributed by atoms with Gasteiger partial charge in [0, 0.05) is 11.3 Å². The van der Waals surface area contributed by atoms with Gasteiger partial charge in [-0.15, -0.1) is 0 Å². The maximum atomic E-state index is 13.3. The van der Waals surface area contributed by atoms with E-state index in [1.165, 1.54) is 4.90 Å². The highest BCUT2D eigenvalue weighted by atomic mass is 16.6. The molecule has 0 saturated heterocycles. The highest BCUT2D eigenvalue weighted by Gasteiger charge is 2.22. The summed E-state index contributed by atoms with van der Waals surface area (Å²) in [5.74, 6) is 1.57. The first kappa shape index (κ1) is 21.2. The summed E-state index contributed by atoms with van der Waals surface area (Å²) in [6, 6.07) is 20.0. The topological polar surface area (TPSA) is 59.0 Å². The normalized spacial score (nSPS) is 10.7. The van der Waals surface area contributed by atoms with Crippen LogP contribution in [0.15, 0.2) is 66.7 Å². The standard InChI is InChI=1S/C25H27NO4/c1-17(2)22-14-9-18(3)15-24(22)30-25(28)26(16-19-7-5-6-8-23(19)27)20-10-12-21(29-4)13-11-20/h5-15,17,27H,16H2,1-4H3. The first-order valence-corrected chi connectivity index (χ1v) is 9.90. The molecule has 0 heterocycles. The fourth-order valence-electron chi connectivity index (χ4n) is 3.19. The number of hydrogen-bond donors (Lipinski definition) is 1. The van der Waals surface area contributed by atoms with Crippen LogP contribution >= 0.6 is 0 Å². The number of para-hydroxylation sites is 1. The van der Waals surface area contributed by atoms with Crippen LogP contribution in [0, 0.1) is 6.92 Å². The van der Waals surface area contributed by atoms with Crippen LogP contribution in [-0.2, 0) is 6.54 Å². The van der Waals surface area contributed by atoms with Crippen LogP contribution in [0.4, 0.5) is 10.5 Å². The summed E-state index contributed by atoms with van der Waals surface area (Å²) in [5.41, 5.74) is 3.24. The summed E-state index contributed by atoms with van der Waals surface area (Å²) < 4.78 is 11.1. The highest BCUT2D eigenvalue weighted by Crippen LogP contribution is 2.30. The highest BCUT2D eigenvalue weighted by molar-refractivity contribution is 5.89. The van der Waals surface area contributed by atoms with Crippen molar-refractivity contribution >= 4 is 11.8 Å². The molecule has 0 spiro atoms. The summed E-state index contributed by atoms with van der Waals surface area (Å²) in [6.07, 6.45) is -0.518. The van der Waals surface area contributed by atoms with Crippen molar-refractivity contribution in [2.24, 2.45) is 0 Å². The Kier molecular flexibility index (Phi) is 6.62. The Morgan fingerprint density at radius 3 is 2.37 bits per heavy atom. The average Bonchev–Trinajstić information content (AvgIpc) is 2.73. The second kappa shape index (κ2) is 9.35. The molecule has 5 heteroatoms. The Morgan fingerprint density at radius 1 is 1.03 bits per heavy atom. The van der Waals surface area contributed by atoms with Gasteiger partial charge >= 0.3 is 6.09 Å². The van der Waals surface area contributed by atoms with Crippen molar-refractivity contribution in [2.45, 2.75) is 33.2 Å². The van der Waals surface area contributed by atoms with Gasteiger partial charge in [0.15, 0.2) is 0 Å². The Labute approximate surface area is 177 Å². The third-order valence-corrected chi connectivity index (χ3v) is 4.91. The number of phenols is 1. The molecule has 0 radical (unpaired) electrons. The van der Waals surface area contributed by atoms with Crippen molar-refractivity contribution in [2.75, 3.05) is 12.0 Å². The van der Waals surface area contributed by atoms with Crippen molar-refractivity contribution in [1.29, 1.82) is 0 Å². The predicted molar refractivity (Wildman–Crippen MR) is 119 cm³/mol. The summed E-state index contributed by atoms with van der Waals surface area (Å²) in [6.45, 7) is 6.25. The molecule has 0 atom stereocenters. The number of carbonyl (C=O) groups is 1. The molecule has 0 aliphatic rings. The van der Waals surface area contributed by atoms with Gasteiger partial charge in [-0.25, -0.2) is 4.79 Å². The van der Waals surface area contributed by atoms with E-state index < -0.39 is 6.09 Å². The lowest BCUT2D eigenvalue weighted by Gasteiger charge is -2.24. The van der Waals surface area contributed by atoms with Crippen LogP contribution in [0.3, 0.4) is 0 Å². The first-order chi connectivity index (χ1) is 14.4. The van der Waals surface area contributed by atoms with E-state index in [2.05, 4.69) is 13.8 Å². The molecule has 1 amide bonds. The number of benzene rings is 3. The molecule has 0 bridgehead atoms. The van der Waals surface area contributed by atoms with E-state index in [9.17, 15) is 9.90 Å². The van der Waals surface area contributed by atoms with Crippen LogP contribution in [0.5, 0.6) is 17.2 Å². The Balaban J connectivity index is 1.96. The third-order valence-electron chi connectivity index (χ3n) is 4.91. The molecule has 0 fully saturated rings. The van der Waals surface area contributed by atoms with Gasteiger partial charge in [-0.3, -0.25) is 4.90 Å². The number of carbonyl (C=O) groups excluding carboxylic acids is 1. The van der Waals surface area contributed by atoms with Crippen LogP contribution in [0.2, 0.25) is 0 Å². The van der Waals surface area contributed by atoms with Gasteiger partial charge in [0.05, 0.1) is 13.7 Å². The zero-order valence-electron chi connectivity index (χ0n) is 17.8. The zero-order chi connectivity index (χ0) is 21.7. The zero-order valence-corrected chi connectivity index (χ0v) is 17.8. The molecule has 0 aliphatic carbocycles. The molecular formula is C25H27NO4. The van der Waals surface area contributed by atoms with Crippen molar-refractivity contribution in [1.82, 2.24) is 0 Å². The number of amides is 1. The molecule has 3 aromatic rings. The number of ether oxygens (including phenoxy) is 2. The van der Waals surface area contributed by atoms with Crippen molar-refractivity contribution in [3.63, 3.8) is 0 Å². The number of aryl methyl sites for hydroxylation is 1. The SMILES string of the molecule is COc1ccc(N(Cc2ccccc2O)C(=O)Oc2cc(C)ccc2C(C)C)cc1. The monoisotopic (exact) mass is 405 g/mol. The molecule has 0 aliphatic heterocycles. The number of methoxy groups -OCH3 is 1. The Bertz CT molecular complexity index is 1010. The molecule has 5 nitrogen and oxygen atoms in total.